The lowest BCUT2D eigenvalue weighted by Crippen LogP contribution is -2.52. The average molecular weight is 278 g/mol. The molecule has 2 aromatic rings. The molecular formula is C13H18N4OS. The number of hydrogen-bond donors (Lipinski definition) is 0. The number of anilines is 1. The molecule has 1 aliphatic heterocycles. The molecule has 1 atom stereocenters. The molecular weight excluding hydrogens is 260 g/mol. The fraction of sp³-hybridized carbons (Fsp3) is 0.538. The number of thiazole rings is 1. The molecule has 0 N–H and O–H groups in total. The van der Waals surface area contributed by atoms with Gasteiger partial charge in [0.25, 0.3) is 0 Å². The quantitative estimate of drug-likeness (QED) is 0.802. The Morgan fingerprint density at radius 3 is 3.05 bits per heavy atom. The molecule has 0 aromatic carbocycles. The number of piperazine rings is 1. The average Bonchev–Trinajstić information content (AvgIpc) is 2.98. The van der Waals surface area contributed by atoms with Crippen molar-refractivity contribution in [2.75, 3.05) is 31.1 Å². The van der Waals surface area contributed by atoms with Crippen LogP contribution in [0.5, 0.6) is 0 Å². The number of imidazole rings is 1. The lowest BCUT2D eigenvalue weighted by molar-refractivity contribution is 0.111. The molecule has 5 nitrogen and oxygen atoms in total. The third-order valence-corrected chi connectivity index (χ3v) is 4.62. The van der Waals surface area contributed by atoms with E-state index in [0.29, 0.717) is 11.7 Å². The van der Waals surface area contributed by atoms with Crippen molar-refractivity contribution in [2.45, 2.75) is 19.9 Å². The van der Waals surface area contributed by atoms with Crippen molar-refractivity contribution < 1.29 is 4.79 Å². The van der Waals surface area contributed by atoms with E-state index in [9.17, 15) is 4.79 Å². The van der Waals surface area contributed by atoms with Gasteiger partial charge in [-0.25, -0.2) is 4.98 Å². The molecule has 0 radical (unpaired) electrons. The van der Waals surface area contributed by atoms with E-state index in [1.54, 1.807) is 11.3 Å². The predicted octanol–water partition coefficient (Wildman–Crippen LogP) is 1.74. The Hall–Kier alpha value is -1.40. The molecule has 0 saturated carbocycles. The summed E-state index contributed by atoms with van der Waals surface area (Å²) in [5.74, 6) is 0.837. The Balaban J connectivity index is 1.92. The highest BCUT2D eigenvalue weighted by Gasteiger charge is 2.26. The summed E-state index contributed by atoms with van der Waals surface area (Å²) >= 11 is 1.56. The fourth-order valence-corrected chi connectivity index (χ4v) is 3.51. The van der Waals surface area contributed by atoms with Crippen LogP contribution < -0.4 is 4.90 Å². The Morgan fingerprint density at radius 2 is 2.37 bits per heavy atom. The number of hydrogen-bond acceptors (Lipinski definition) is 5. The van der Waals surface area contributed by atoms with Gasteiger partial charge < -0.3 is 4.90 Å². The van der Waals surface area contributed by atoms with Crippen molar-refractivity contribution in [3.05, 3.63) is 17.3 Å². The van der Waals surface area contributed by atoms with Crippen LogP contribution in [-0.4, -0.2) is 52.8 Å². The molecule has 102 valence electrons. The molecule has 0 amide bonds. The highest BCUT2D eigenvalue weighted by Crippen LogP contribution is 2.25. The Bertz CT molecular complexity index is 590. The standard InChI is InChI=1S/C13H18N4OS/c1-3-15-4-5-16(8-10(15)2)12-11(9-18)17-6-7-19-13(17)14-12/h6-7,9-10H,3-5,8H2,1-2H3. The van der Waals surface area contributed by atoms with E-state index in [0.717, 1.165) is 43.2 Å². The van der Waals surface area contributed by atoms with Gasteiger partial charge in [0.05, 0.1) is 0 Å². The number of likely N-dealkylation sites (N-methyl/N-ethyl adjacent to an activating group) is 1. The summed E-state index contributed by atoms with van der Waals surface area (Å²) in [7, 11) is 0. The van der Waals surface area contributed by atoms with Crippen LogP contribution in [0.4, 0.5) is 5.82 Å². The zero-order valence-corrected chi connectivity index (χ0v) is 12.1. The summed E-state index contributed by atoms with van der Waals surface area (Å²) in [6.45, 7) is 8.39. The maximum Gasteiger partial charge on any atom is 0.196 e. The van der Waals surface area contributed by atoms with Gasteiger partial charge in [0, 0.05) is 37.3 Å². The highest BCUT2D eigenvalue weighted by atomic mass is 32.1. The molecule has 3 heterocycles. The van der Waals surface area contributed by atoms with Gasteiger partial charge in [-0.3, -0.25) is 14.1 Å². The third-order valence-electron chi connectivity index (χ3n) is 3.86. The van der Waals surface area contributed by atoms with Crippen LogP contribution >= 0.6 is 11.3 Å². The SMILES string of the molecule is CCN1CCN(c2nc3sccn3c2C=O)CC1C. The van der Waals surface area contributed by atoms with E-state index in [1.807, 2.05) is 16.0 Å². The van der Waals surface area contributed by atoms with Crippen molar-refractivity contribution in [3.63, 3.8) is 0 Å². The molecule has 0 bridgehead atoms. The first kappa shape index (κ1) is 12.6. The van der Waals surface area contributed by atoms with Crippen molar-refractivity contribution in [1.29, 1.82) is 0 Å². The van der Waals surface area contributed by atoms with E-state index < -0.39 is 0 Å². The van der Waals surface area contributed by atoms with Gasteiger partial charge in [0.2, 0.25) is 0 Å². The minimum absolute atomic E-state index is 0.498. The lowest BCUT2D eigenvalue weighted by Gasteiger charge is -2.39. The third kappa shape index (κ3) is 2.04. The van der Waals surface area contributed by atoms with E-state index in [1.165, 1.54) is 0 Å². The first-order valence-corrected chi connectivity index (χ1v) is 7.52. The fourth-order valence-electron chi connectivity index (χ4n) is 2.79. The Kier molecular flexibility index (Phi) is 3.28. The van der Waals surface area contributed by atoms with Crippen LogP contribution in [0.15, 0.2) is 11.6 Å². The Labute approximate surface area is 116 Å². The van der Waals surface area contributed by atoms with Crippen LogP contribution in [0.2, 0.25) is 0 Å². The van der Waals surface area contributed by atoms with Gasteiger partial charge in [-0.2, -0.15) is 0 Å². The van der Waals surface area contributed by atoms with Crippen LogP contribution in [0, 0.1) is 0 Å². The minimum atomic E-state index is 0.498. The molecule has 1 fully saturated rings. The number of rotatable bonds is 3. The molecule has 2 aromatic heterocycles. The van der Waals surface area contributed by atoms with Gasteiger partial charge in [-0.05, 0) is 13.5 Å². The van der Waals surface area contributed by atoms with Crippen molar-refractivity contribution >= 4 is 28.4 Å². The van der Waals surface area contributed by atoms with E-state index >= 15 is 0 Å². The summed E-state index contributed by atoms with van der Waals surface area (Å²) in [6.07, 6.45) is 2.82. The van der Waals surface area contributed by atoms with Gasteiger partial charge in [-0.15, -0.1) is 11.3 Å². The normalized spacial score (nSPS) is 21.2. The smallest absolute Gasteiger partial charge is 0.196 e. The Morgan fingerprint density at radius 1 is 1.53 bits per heavy atom. The number of fused-ring (bicyclic) bond motifs is 1. The van der Waals surface area contributed by atoms with Crippen molar-refractivity contribution in [3.8, 4) is 0 Å². The molecule has 1 unspecified atom stereocenters. The lowest BCUT2D eigenvalue weighted by atomic mass is 10.2. The van der Waals surface area contributed by atoms with Crippen LogP contribution in [-0.2, 0) is 0 Å². The molecule has 1 saturated heterocycles. The number of aromatic nitrogens is 2. The van der Waals surface area contributed by atoms with Gasteiger partial charge in [0.15, 0.2) is 17.1 Å². The van der Waals surface area contributed by atoms with E-state index in [4.69, 9.17) is 0 Å². The van der Waals surface area contributed by atoms with E-state index in [-0.39, 0.29) is 0 Å². The number of carbonyl (C=O) groups is 1. The van der Waals surface area contributed by atoms with Crippen LogP contribution in [0.3, 0.4) is 0 Å². The molecule has 6 heteroatoms. The second-order valence-electron chi connectivity index (χ2n) is 4.92. The molecule has 0 spiro atoms. The van der Waals surface area contributed by atoms with Crippen molar-refractivity contribution in [2.24, 2.45) is 0 Å². The number of aldehydes is 1. The molecule has 3 rings (SSSR count). The van der Waals surface area contributed by atoms with Crippen LogP contribution in [0.1, 0.15) is 24.3 Å². The first-order chi connectivity index (χ1) is 9.24. The zero-order chi connectivity index (χ0) is 13.4. The number of nitrogens with zero attached hydrogens (tertiary/aromatic N) is 4. The second-order valence-corrected chi connectivity index (χ2v) is 5.79. The first-order valence-electron chi connectivity index (χ1n) is 6.64. The zero-order valence-electron chi connectivity index (χ0n) is 11.2. The van der Waals surface area contributed by atoms with Gasteiger partial charge in [-0.1, -0.05) is 6.92 Å². The monoisotopic (exact) mass is 278 g/mol. The summed E-state index contributed by atoms with van der Waals surface area (Å²) in [4.78, 5) is 21.5. The van der Waals surface area contributed by atoms with Crippen LogP contribution in [0.25, 0.3) is 4.96 Å². The van der Waals surface area contributed by atoms with Crippen molar-refractivity contribution in [1.82, 2.24) is 14.3 Å². The summed E-state index contributed by atoms with van der Waals surface area (Å²) in [5.41, 5.74) is 0.674. The molecule has 1 aliphatic rings. The topological polar surface area (TPSA) is 40.9 Å². The largest absolute Gasteiger partial charge is 0.352 e. The van der Waals surface area contributed by atoms with E-state index in [2.05, 4.69) is 28.6 Å². The van der Waals surface area contributed by atoms with Gasteiger partial charge >= 0.3 is 0 Å². The second kappa shape index (κ2) is 4.94. The summed E-state index contributed by atoms with van der Waals surface area (Å²) in [5, 5.41) is 1.96. The number of carbonyl (C=O) groups excluding carboxylic acids is 1. The maximum atomic E-state index is 11.4. The minimum Gasteiger partial charge on any atom is -0.352 e. The predicted molar refractivity (Wildman–Crippen MR) is 77.4 cm³/mol. The maximum absolute atomic E-state index is 11.4. The molecule has 0 aliphatic carbocycles. The van der Waals surface area contributed by atoms with Gasteiger partial charge in [0.1, 0.15) is 5.69 Å². The summed E-state index contributed by atoms with van der Waals surface area (Å²) in [6, 6.07) is 0.498. The molecule has 19 heavy (non-hydrogen) atoms. The summed E-state index contributed by atoms with van der Waals surface area (Å²) < 4.78 is 1.88. The highest BCUT2D eigenvalue weighted by molar-refractivity contribution is 7.15.